The van der Waals surface area contributed by atoms with Crippen LogP contribution < -0.4 is 10.5 Å². The van der Waals surface area contributed by atoms with Crippen LogP contribution in [0.5, 0.6) is 5.75 Å². The Morgan fingerprint density at radius 2 is 1.95 bits per heavy atom. The van der Waals surface area contributed by atoms with Gasteiger partial charge in [-0.3, -0.25) is 4.79 Å². The number of aromatic nitrogens is 3. The van der Waals surface area contributed by atoms with Crippen molar-refractivity contribution >= 4 is 34.9 Å². The number of rotatable bonds is 7. The van der Waals surface area contributed by atoms with Crippen LogP contribution in [-0.2, 0) is 17.8 Å². The van der Waals surface area contributed by atoms with Crippen LogP contribution in [0, 0.1) is 5.92 Å². The largest absolute Gasteiger partial charge is 0.485 e. The summed E-state index contributed by atoms with van der Waals surface area (Å²) in [4.78, 5) is 19.3. The molecule has 1 spiro atoms. The van der Waals surface area contributed by atoms with E-state index in [4.69, 9.17) is 38.4 Å². The Bertz CT molecular complexity index is 1230. The lowest BCUT2D eigenvalue weighted by atomic mass is 9.83. The SMILES string of the molecule is Nc1ncc(C(=O)N2CCC3(CC2)CC(CCc2ccnnc2)CO3)cc1OCc1c(Cl)cccc1Cl. The summed E-state index contributed by atoms with van der Waals surface area (Å²) in [5.41, 5.74) is 8.15. The Balaban J connectivity index is 1.16. The summed E-state index contributed by atoms with van der Waals surface area (Å²) in [6, 6.07) is 8.90. The second-order valence-corrected chi connectivity index (χ2v) is 10.6. The van der Waals surface area contributed by atoms with Crippen LogP contribution in [0.4, 0.5) is 5.82 Å². The number of hydrogen-bond acceptors (Lipinski definition) is 7. The Morgan fingerprint density at radius 1 is 1.16 bits per heavy atom. The van der Waals surface area contributed by atoms with Gasteiger partial charge in [-0.05, 0) is 67.9 Å². The lowest BCUT2D eigenvalue weighted by molar-refractivity contribution is -0.0391. The topological polar surface area (TPSA) is 103 Å². The van der Waals surface area contributed by atoms with E-state index in [9.17, 15) is 4.79 Å². The summed E-state index contributed by atoms with van der Waals surface area (Å²) in [7, 11) is 0. The minimum Gasteiger partial charge on any atom is -0.485 e. The van der Waals surface area contributed by atoms with Gasteiger partial charge in [0, 0.05) is 41.1 Å². The van der Waals surface area contributed by atoms with Gasteiger partial charge in [-0.2, -0.15) is 10.2 Å². The van der Waals surface area contributed by atoms with Gasteiger partial charge in [0.15, 0.2) is 11.6 Å². The molecule has 2 aliphatic rings. The van der Waals surface area contributed by atoms with Crippen LogP contribution in [0.2, 0.25) is 10.0 Å². The van der Waals surface area contributed by atoms with E-state index >= 15 is 0 Å². The van der Waals surface area contributed by atoms with Crippen molar-refractivity contribution in [3.63, 3.8) is 0 Å². The molecule has 2 aliphatic heterocycles. The fourth-order valence-electron chi connectivity index (χ4n) is 5.12. The Labute approximate surface area is 226 Å². The third-order valence-corrected chi connectivity index (χ3v) is 8.01. The van der Waals surface area contributed by atoms with Crippen molar-refractivity contribution in [3.05, 3.63) is 75.7 Å². The zero-order valence-corrected chi connectivity index (χ0v) is 21.9. The number of nitrogens with two attached hydrogens (primary N) is 1. The summed E-state index contributed by atoms with van der Waals surface area (Å²) in [5, 5.41) is 8.79. The summed E-state index contributed by atoms with van der Waals surface area (Å²) < 4.78 is 12.2. The quantitative estimate of drug-likeness (QED) is 0.449. The number of anilines is 1. The molecule has 0 bridgehead atoms. The molecule has 2 N–H and O–H groups in total. The second-order valence-electron chi connectivity index (χ2n) is 9.74. The second kappa shape index (κ2) is 11.2. The number of pyridine rings is 1. The zero-order valence-electron chi connectivity index (χ0n) is 20.4. The monoisotopic (exact) mass is 541 g/mol. The number of nitrogens with zero attached hydrogens (tertiary/aromatic N) is 4. The molecule has 2 saturated heterocycles. The van der Waals surface area contributed by atoms with Gasteiger partial charge in [0.05, 0.1) is 24.0 Å². The standard InChI is InChI=1S/C27H29Cl2N5O3/c28-22-2-1-3-23(29)21(22)17-36-24-12-20(15-31-25(24)30)26(35)34-10-7-27(8-11-34)13-19(16-37-27)5-4-18-6-9-32-33-14-18/h1-3,6,9,12,14-15,19H,4-5,7-8,10-11,13,16-17H2,(H2,30,31). The molecule has 1 amide bonds. The van der Waals surface area contributed by atoms with E-state index in [1.807, 2.05) is 17.2 Å². The first-order valence-electron chi connectivity index (χ1n) is 12.4. The molecular formula is C27H29Cl2N5O3. The summed E-state index contributed by atoms with van der Waals surface area (Å²) in [5.74, 6) is 0.942. The van der Waals surface area contributed by atoms with Crippen LogP contribution in [0.1, 0.15) is 47.2 Å². The van der Waals surface area contributed by atoms with Crippen molar-refractivity contribution in [1.82, 2.24) is 20.1 Å². The Kier molecular flexibility index (Phi) is 7.79. The van der Waals surface area contributed by atoms with E-state index in [0.717, 1.165) is 38.7 Å². The van der Waals surface area contributed by atoms with Gasteiger partial charge in [-0.15, -0.1) is 0 Å². The predicted octanol–water partition coefficient (Wildman–Crippen LogP) is 4.98. The fraction of sp³-hybridized carbons (Fsp3) is 0.407. The first-order chi connectivity index (χ1) is 17.9. The van der Waals surface area contributed by atoms with Crippen LogP contribution in [-0.4, -0.2) is 51.3 Å². The van der Waals surface area contributed by atoms with Gasteiger partial charge >= 0.3 is 0 Å². The van der Waals surface area contributed by atoms with E-state index in [-0.39, 0.29) is 23.9 Å². The summed E-state index contributed by atoms with van der Waals surface area (Å²) in [6.45, 7) is 2.15. The third-order valence-electron chi connectivity index (χ3n) is 7.30. The molecule has 1 aromatic carbocycles. The number of piperidine rings is 1. The molecule has 2 aromatic heterocycles. The van der Waals surface area contributed by atoms with Gasteiger partial charge < -0.3 is 20.1 Å². The molecule has 1 atom stereocenters. The number of benzene rings is 1. The number of ether oxygens (including phenoxy) is 2. The van der Waals surface area contributed by atoms with Crippen molar-refractivity contribution in [1.29, 1.82) is 0 Å². The summed E-state index contributed by atoms with van der Waals surface area (Å²) in [6.07, 6.45) is 9.76. The molecule has 4 heterocycles. The summed E-state index contributed by atoms with van der Waals surface area (Å²) >= 11 is 12.5. The number of carbonyl (C=O) groups is 1. The molecule has 5 rings (SSSR count). The number of aryl methyl sites for hydroxylation is 1. The zero-order chi connectivity index (χ0) is 25.8. The first kappa shape index (κ1) is 25.7. The lowest BCUT2D eigenvalue weighted by Crippen LogP contribution is -2.46. The molecule has 0 saturated carbocycles. The van der Waals surface area contributed by atoms with Crippen LogP contribution in [0.3, 0.4) is 0 Å². The normalized spacial score (nSPS) is 18.8. The number of likely N-dealkylation sites (tertiary alicyclic amines) is 1. The van der Waals surface area contributed by atoms with E-state index in [0.29, 0.717) is 45.9 Å². The molecule has 0 radical (unpaired) electrons. The molecule has 1 unspecified atom stereocenters. The number of amides is 1. The smallest absolute Gasteiger partial charge is 0.255 e. The van der Waals surface area contributed by atoms with Crippen LogP contribution >= 0.6 is 23.2 Å². The van der Waals surface area contributed by atoms with Crippen molar-refractivity contribution < 1.29 is 14.3 Å². The Morgan fingerprint density at radius 3 is 2.68 bits per heavy atom. The van der Waals surface area contributed by atoms with Crippen LogP contribution in [0.15, 0.2) is 48.9 Å². The highest BCUT2D eigenvalue weighted by Gasteiger charge is 2.43. The Hall–Kier alpha value is -2.94. The minimum atomic E-state index is -0.139. The maximum Gasteiger partial charge on any atom is 0.255 e. The van der Waals surface area contributed by atoms with Gasteiger partial charge in [0.1, 0.15) is 6.61 Å². The molecule has 2 fully saturated rings. The minimum absolute atomic E-state index is 0.0947. The molecule has 194 valence electrons. The fourth-order valence-corrected chi connectivity index (χ4v) is 5.62. The predicted molar refractivity (Wildman–Crippen MR) is 142 cm³/mol. The number of halogens is 2. The van der Waals surface area contributed by atoms with E-state index in [1.165, 1.54) is 11.8 Å². The number of nitrogen functional groups attached to an aromatic ring is 1. The number of carbonyl (C=O) groups excluding carboxylic acids is 1. The molecule has 3 aromatic rings. The van der Waals surface area contributed by atoms with Crippen LogP contribution in [0.25, 0.3) is 0 Å². The van der Waals surface area contributed by atoms with Gasteiger partial charge in [0.25, 0.3) is 5.91 Å². The van der Waals surface area contributed by atoms with E-state index < -0.39 is 0 Å². The van der Waals surface area contributed by atoms with Gasteiger partial charge in [-0.25, -0.2) is 4.98 Å². The maximum absolute atomic E-state index is 13.3. The van der Waals surface area contributed by atoms with Crippen molar-refractivity contribution in [2.24, 2.45) is 5.92 Å². The van der Waals surface area contributed by atoms with Crippen molar-refractivity contribution in [2.75, 3.05) is 25.4 Å². The van der Waals surface area contributed by atoms with Gasteiger partial charge in [-0.1, -0.05) is 29.3 Å². The molecule has 37 heavy (non-hydrogen) atoms. The third kappa shape index (κ3) is 5.98. The van der Waals surface area contributed by atoms with E-state index in [2.05, 4.69) is 15.2 Å². The lowest BCUT2D eigenvalue weighted by Gasteiger charge is -2.38. The first-order valence-corrected chi connectivity index (χ1v) is 13.2. The molecular weight excluding hydrogens is 513 g/mol. The van der Waals surface area contributed by atoms with Crippen molar-refractivity contribution in [2.45, 2.75) is 44.3 Å². The maximum atomic E-state index is 13.3. The van der Waals surface area contributed by atoms with Crippen molar-refractivity contribution in [3.8, 4) is 5.75 Å². The number of hydrogen-bond donors (Lipinski definition) is 1. The highest BCUT2D eigenvalue weighted by atomic mass is 35.5. The molecule has 10 heteroatoms. The van der Waals surface area contributed by atoms with E-state index in [1.54, 1.807) is 30.5 Å². The highest BCUT2D eigenvalue weighted by Crippen LogP contribution is 2.40. The highest BCUT2D eigenvalue weighted by molar-refractivity contribution is 6.35. The molecule has 0 aliphatic carbocycles. The average molecular weight is 542 g/mol. The molecule has 8 nitrogen and oxygen atoms in total. The van der Waals surface area contributed by atoms with Gasteiger partial charge in [0.2, 0.25) is 0 Å². The average Bonchev–Trinajstić information content (AvgIpc) is 3.31.